The quantitative estimate of drug-likeness (QED) is 0.587. The van der Waals surface area contributed by atoms with E-state index in [0.29, 0.717) is 17.3 Å². The van der Waals surface area contributed by atoms with Gasteiger partial charge in [0, 0.05) is 11.4 Å². The predicted octanol–water partition coefficient (Wildman–Crippen LogP) is 2.05. The van der Waals surface area contributed by atoms with E-state index in [-0.39, 0.29) is 11.9 Å². The lowest BCUT2D eigenvalue weighted by atomic mass is 10.1. The standard InChI is InChI=1S/C15H18N4O/c1-9(10-6-7-10)17-15(20)12-8-14(19-16)18-13-5-3-2-4-11(12)13/h2-5,8-10H,6-7,16H2,1H3,(H,17,20)(H,18,19). The minimum atomic E-state index is -0.0699. The Morgan fingerprint density at radius 3 is 2.85 bits per heavy atom. The Labute approximate surface area is 117 Å². The Kier molecular flexibility index (Phi) is 3.28. The van der Waals surface area contributed by atoms with E-state index in [1.165, 1.54) is 12.8 Å². The van der Waals surface area contributed by atoms with Crippen LogP contribution in [0.2, 0.25) is 0 Å². The summed E-state index contributed by atoms with van der Waals surface area (Å²) in [5.74, 6) is 6.47. The second-order valence-corrected chi connectivity index (χ2v) is 5.32. The molecule has 1 heterocycles. The highest BCUT2D eigenvalue weighted by atomic mass is 16.1. The van der Waals surface area contributed by atoms with Crippen LogP contribution in [0.3, 0.4) is 0 Å². The van der Waals surface area contributed by atoms with E-state index in [9.17, 15) is 4.79 Å². The van der Waals surface area contributed by atoms with Crippen molar-refractivity contribution < 1.29 is 4.79 Å². The van der Waals surface area contributed by atoms with Crippen LogP contribution < -0.4 is 16.6 Å². The Morgan fingerprint density at radius 1 is 1.40 bits per heavy atom. The van der Waals surface area contributed by atoms with Gasteiger partial charge in [0.1, 0.15) is 5.82 Å². The zero-order valence-corrected chi connectivity index (χ0v) is 11.4. The number of hydrazine groups is 1. The maximum absolute atomic E-state index is 12.5. The van der Waals surface area contributed by atoms with Gasteiger partial charge in [-0.25, -0.2) is 10.8 Å². The first kappa shape index (κ1) is 12.9. The Balaban J connectivity index is 1.97. The van der Waals surface area contributed by atoms with Crippen molar-refractivity contribution in [1.29, 1.82) is 0 Å². The number of pyridine rings is 1. The molecule has 5 heteroatoms. The first-order valence-corrected chi connectivity index (χ1v) is 6.86. The second-order valence-electron chi connectivity index (χ2n) is 5.32. The fraction of sp³-hybridized carbons (Fsp3) is 0.333. The highest BCUT2D eigenvalue weighted by molar-refractivity contribution is 6.07. The lowest BCUT2D eigenvalue weighted by Crippen LogP contribution is -2.34. The molecule has 104 valence electrons. The third-order valence-corrected chi connectivity index (χ3v) is 3.80. The average Bonchev–Trinajstić information content (AvgIpc) is 3.30. The van der Waals surface area contributed by atoms with Crippen LogP contribution >= 0.6 is 0 Å². The Morgan fingerprint density at radius 2 is 2.15 bits per heavy atom. The van der Waals surface area contributed by atoms with Crippen molar-refractivity contribution in [2.75, 3.05) is 5.43 Å². The van der Waals surface area contributed by atoms with E-state index >= 15 is 0 Å². The molecule has 20 heavy (non-hydrogen) atoms. The van der Waals surface area contributed by atoms with Crippen LogP contribution in [0, 0.1) is 5.92 Å². The largest absolute Gasteiger partial charge is 0.349 e. The number of nitrogens with zero attached hydrogens (tertiary/aromatic N) is 1. The molecule has 1 saturated carbocycles. The lowest BCUT2D eigenvalue weighted by molar-refractivity contribution is 0.0937. The summed E-state index contributed by atoms with van der Waals surface area (Å²) < 4.78 is 0. The molecule has 1 amide bonds. The van der Waals surface area contributed by atoms with Crippen molar-refractivity contribution >= 4 is 22.6 Å². The zero-order valence-electron chi connectivity index (χ0n) is 11.4. The summed E-state index contributed by atoms with van der Waals surface area (Å²) >= 11 is 0. The van der Waals surface area contributed by atoms with Crippen LogP contribution in [-0.4, -0.2) is 16.9 Å². The minimum Gasteiger partial charge on any atom is -0.349 e. The van der Waals surface area contributed by atoms with Crippen LogP contribution in [0.1, 0.15) is 30.1 Å². The molecule has 1 aliphatic rings. The third kappa shape index (κ3) is 2.44. The molecule has 1 unspecified atom stereocenters. The summed E-state index contributed by atoms with van der Waals surface area (Å²) in [6, 6.07) is 9.47. The monoisotopic (exact) mass is 270 g/mol. The molecule has 1 aromatic carbocycles. The van der Waals surface area contributed by atoms with Crippen molar-refractivity contribution in [3.8, 4) is 0 Å². The molecule has 0 saturated heterocycles. The number of nitrogens with one attached hydrogen (secondary N) is 2. The first-order chi connectivity index (χ1) is 9.69. The maximum atomic E-state index is 12.5. The van der Waals surface area contributed by atoms with Gasteiger partial charge in [0.05, 0.1) is 11.1 Å². The van der Waals surface area contributed by atoms with Gasteiger partial charge in [0.2, 0.25) is 0 Å². The molecular formula is C15H18N4O. The van der Waals surface area contributed by atoms with Crippen molar-refractivity contribution in [2.24, 2.45) is 11.8 Å². The van der Waals surface area contributed by atoms with Crippen molar-refractivity contribution in [1.82, 2.24) is 10.3 Å². The Bertz CT molecular complexity index is 651. The van der Waals surface area contributed by atoms with E-state index in [2.05, 4.69) is 22.7 Å². The highest BCUT2D eigenvalue weighted by Gasteiger charge is 2.29. The summed E-state index contributed by atoms with van der Waals surface area (Å²) in [6.07, 6.45) is 2.41. The molecule has 1 fully saturated rings. The van der Waals surface area contributed by atoms with Gasteiger partial charge < -0.3 is 10.7 Å². The van der Waals surface area contributed by atoms with E-state index in [4.69, 9.17) is 5.84 Å². The smallest absolute Gasteiger partial charge is 0.252 e. The summed E-state index contributed by atoms with van der Waals surface area (Å²) in [6.45, 7) is 2.06. The summed E-state index contributed by atoms with van der Waals surface area (Å²) in [5, 5.41) is 3.91. The van der Waals surface area contributed by atoms with Crippen LogP contribution in [0.4, 0.5) is 5.82 Å². The number of carbonyl (C=O) groups is 1. The van der Waals surface area contributed by atoms with Gasteiger partial charge in [-0.3, -0.25) is 4.79 Å². The van der Waals surface area contributed by atoms with Crippen LogP contribution in [-0.2, 0) is 0 Å². The van der Waals surface area contributed by atoms with Crippen molar-refractivity contribution in [3.05, 3.63) is 35.9 Å². The number of hydrogen-bond donors (Lipinski definition) is 3. The maximum Gasteiger partial charge on any atom is 0.252 e. The molecule has 0 radical (unpaired) electrons. The van der Waals surface area contributed by atoms with Gasteiger partial charge in [-0.15, -0.1) is 0 Å². The topological polar surface area (TPSA) is 80.0 Å². The number of rotatable bonds is 4. The molecule has 3 rings (SSSR count). The van der Waals surface area contributed by atoms with Gasteiger partial charge in [-0.1, -0.05) is 18.2 Å². The molecular weight excluding hydrogens is 252 g/mol. The molecule has 0 bridgehead atoms. The Hall–Kier alpha value is -2.14. The number of para-hydroxylation sites is 1. The predicted molar refractivity (Wildman–Crippen MR) is 79.2 cm³/mol. The number of carbonyl (C=O) groups excluding carboxylic acids is 1. The van der Waals surface area contributed by atoms with E-state index in [1.807, 2.05) is 24.3 Å². The molecule has 0 aliphatic heterocycles. The number of hydrogen-bond acceptors (Lipinski definition) is 4. The number of aromatic nitrogens is 1. The fourth-order valence-electron chi connectivity index (χ4n) is 2.44. The number of nitrogens with two attached hydrogens (primary N) is 1. The number of amides is 1. The zero-order chi connectivity index (χ0) is 14.1. The van der Waals surface area contributed by atoms with Gasteiger partial charge in [0.15, 0.2) is 0 Å². The number of anilines is 1. The van der Waals surface area contributed by atoms with Crippen molar-refractivity contribution in [3.63, 3.8) is 0 Å². The van der Waals surface area contributed by atoms with E-state index < -0.39 is 0 Å². The summed E-state index contributed by atoms with van der Waals surface area (Å²) in [4.78, 5) is 16.8. The minimum absolute atomic E-state index is 0.0699. The van der Waals surface area contributed by atoms with Crippen molar-refractivity contribution in [2.45, 2.75) is 25.8 Å². The number of nitrogen functional groups attached to an aromatic ring is 1. The molecule has 1 aromatic heterocycles. The molecule has 4 N–H and O–H groups in total. The SMILES string of the molecule is CC(NC(=O)c1cc(NN)nc2ccccc12)C1CC1. The molecule has 5 nitrogen and oxygen atoms in total. The van der Waals surface area contributed by atoms with Gasteiger partial charge in [0.25, 0.3) is 5.91 Å². The van der Waals surface area contributed by atoms with Crippen LogP contribution in [0.25, 0.3) is 10.9 Å². The fourth-order valence-corrected chi connectivity index (χ4v) is 2.44. The average molecular weight is 270 g/mol. The van der Waals surface area contributed by atoms with Crippen LogP contribution in [0.15, 0.2) is 30.3 Å². The van der Waals surface area contributed by atoms with E-state index in [0.717, 1.165) is 10.9 Å². The second kappa shape index (κ2) is 5.09. The van der Waals surface area contributed by atoms with Gasteiger partial charge >= 0.3 is 0 Å². The summed E-state index contributed by atoms with van der Waals surface area (Å²) in [7, 11) is 0. The molecule has 1 aliphatic carbocycles. The molecule has 1 atom stereocenters. The lowest BCUT2D eigenvalue weighted by Gasteiger charge is -2.14. The first-order valence-electron chi connectivity index (χ1n) is 6.86. The summed E-state index contributed by atoms with van der Waals surface area (Å²) in [5.41, 5.74) is 3.88. The normalized spacial score (nSPS) is 15.9. The molecule has 0 spiro atoms. The highest BCUT2D eigenvalue weighted by Crippen LogP contribution is 2.32. The third-order valence-electron chi connectivity index (χ3n) is 3.80. The van der Waals surface area contributed by atoms with Crippen LogP contribution in [0.5, 0.6) is 0 Å². The molecule has 2 aromatic rings. The van der Waals surface area contributed by atoms with Gasteiger partial charge in [-0.05, 0) is 37.8 Å². The van der Waals surface area contributed by atoms with E-state index in [1.54, 1.807) is 6.07 Å². The number of benzene rings is 1. The van der Waals surface area contributed by atoms with Gasteiger partial charge in [-0.2, -0.15) is 0 Å². The number of fused-ring (bicyclic) bond motifs is 1.